The highest BCUT2D eigenvalue weighted by atomic mass is 32.2. The molecule has 0 unspecified atom stereocenters. The lowest BCUT2D eigenvalue weighted by atomic mass is 10.2. The fraction of sp³-hybridized carbons (Fsp3) is 0.368. The summed E-state index contributed by atoms with van der Waals surface area (Å²) in [7, 11) is -1.59. The van der Waals surface area contributed by atoms with Gasteiger partial charge in [-0.2, -0.15) is 5.10 Å². The molecule has 1 fully saturated rings. The number of carbonyl (C=O) groups excluding carboxylic acids is 1. The number of rotatable bonds is 5. The summed E-state index contributed by atoms with van der Waals surface area (Å²) in [6.45, 7) is 1.66. The van der Waals surface area contributed by atoms with E-state index < -0.39 is 21.3 Å². The van der Waals surface area contributed by atoms with Crippen molar-refractivity contribution in [2.75, 3.05) is 23.9 Å². The van der Waals surface area contributed by atoms with Crippen LogP contribution >= 0.6 is 0 Å². The zero-order chi connectivity index (χ0) is 21.5. The summed E-state index contributed by atoms with van der Waals surface area (Å²) in [5.41, 5.74) is 1.37. The van der Waals surface area contributed by atoms with Crippen molar-refractivity contribution in [1.82, 2.24) is 19.3 Å². The Hall–Kier alpha value is -3.21. The van der Waals surface area contributed by atoms with E-state index in [-0.39, 0.29) is 29.5 Å². The molecule has 3 aromatic rings. The van der Waals surface area contributed by atoms with E-state index in [1.807, 2.05) is 13.0 Å². The molecule has 10 nitrogen and oxygen atoms in total. The molecule has 0 bridgehead atoms. The molecule has 0 radical (unpaired) electrons. The minimum absolute atomic E-state index is 0.0186. The van der Waals surface area contributed by atoms with E-state index in [1.165, 1.54) is 28.9 Å². The molecule has 1 N–H and O–H groups in total. The number of nitrogens with one attached hydrogen (secondary N) is 1. The van der Waals surface area contributed by atoms with Gasteiger partial charge in [0, 0.05) is 0 Å². The Labute approximate surface area is 172 Å². The second kappa shape index (κ2) is 7.56. The largest absolute Gasteiger partial charge is 0.495 e. The highest BCUT2D eigenvalue weighted by molar-refractivity contribution is 7.91. The smallest absolute Gasteiger partial charge is 0.264 e. The molecule has 158 valence electrons. The Bertz CT molecular complexity index is 1290. The minimum Gasteiger partial charge on any atom is -0.495 e. The van der Waals surface area contributed by atoms with Crippen LogP contribution < -0.4 is 15.6 Å². The summed E-state index contributed by atoms with van der Waals surface area (Å²) < 4.78 is 31.4. The predicted molar refractivity (Wildman–Crippen MR) is 110 cm³/mol. The molecule has 4 rings (SSSR count). The fourth-order valence-electron chi connectivity index (χ4n) is 3.58. The molecule has 1 atom stereocenters. The highest BCUT2D eigenvalue weighted by Crippen LogP contribution is 2.26. The first-order valence-electron chi connectivity index (χ1n) is 9.35. The van der Waals surface area contributed by atoms with E-state index in [0.29, 0.717) is 23.5 Å². The Morgan fingerprint density at radius 3 is 2.87 bits per heavy atom. The van der Waals surface area contributed by atoms with Crippen LogP contribution in [0.15, 0.2) is 35.5 Å². The third kappa shape index (κ3) is 3.80. The van der Waals surface area contributed by atoms with Crippen molar-refractivity contribution in [2.24, 2.45) is 0 Å². The van der Waals surface area contributed by atoms with E-state index in [0.717, 1.165) is 5.56 Å². The third-order valence-electron chi connectivity index (χ3n) is 5.08. The lowest BCUT2D eigenvalue weighted by Gasteiger charge is -2.12. The number of nitrogens with zero attached hydrogens (tertiary/aromatic N) is 4. The van der Waals surface area contributed by atoms with Crippen molar-refractivity contribution in [3.63, 3.8) is 0 Å². The summed E-state index contributed by atoms with van der Waals surface area (Å²) in [5.74, 6) is 0.188. The van der Waals surface area contributed by atoms with Crippen molar-refractivity contribution in [3.8, 4) is 5.75 Å². The summed E-state index contributed by atoms with van der Waals surface area (Å²) in [6.07, 6.45) is 3.08. The van der Waals surface area contributed by atoms with Crippen LogP contribution in [0.4, 0.5) is 5.69 Å². The Kier molecular flexibility index (Phi) is 5.06. The highest BCUT2D eigenvalue weighted by Gasteiger charge is 2.31. The summed E-state index contributed by atoms with van der Waals surface area (Å²) in [5, 5.41) is 7.17. The number of amides is 1. The van der Waals surface area contributed by atoms with Gasteiger partial charge in [0.15, 0.2) is 15.5 Å². The number of methoxy groups -OCH3 is 1. The van der Waals surface area contributed by atoms with E-state index in [9.17, 15) is 18.0 Å². The number of carbonyl (C=O) groups is 1. The maximum atomic E-state index is 12.8. The summed E-state index contributed by atoms with van der Waals surface area (Å²) >= 11 is 0. The van der Waals surface area contributed by atoms with Crippen LogP contribution in [0.2, 0.25) is 0 Å². The topological polar surface area (TPSA) is 125 Å². The standard InChI is InChI=1S/C19H21N5O5S/c1-12-3-4-16(29-2)15(7-12)22-17(25)9-23-11-20-18-14(19(23)26)8-21-24(18)13-5-6-30(27,28)10-13/h3-4,7-8,11,13H,5-6,9-10H2,1-2H3,(H,22,25)/t13-/m1/s1. The van der Waals surface area contributed by atoms with Crippen LogP contribution in [-0.2, 0) is 21.2 Å². The first-order valence-corrected chi connectivity index (χ1v) is 11.2. The van der Waals surface area contributed by atoms with Gasteiger partial charge < -0.3 is 10.1 Å². The maximum absolute atomic E-state index is 12.8. The zero-order valence-electron chi connectivity index (χ0n) is 16.5. The van der Waals surface area contributed by atoms with Gasteiger partial charge in [-0.05, 0) is 31.0 Å². The number of sulfone groups is 1. The Morgan fingerprint density at radius 1 is 1.37 bits per heavy atom. The first-order chi connectivity index (χ1) is 14.3. The van der Waals surface area contributed by atoms with E-state index in [1.54, 1.807) is 12.1 Å². The molecule has 3 heterocycles. The maximum Gasteiger partial charge on any atom is 0.264 e. The minimum atomic E-state index is -3.10. The van der Waals surface area contributed by atoms with Gasteiger partial charge in [-0.3, -0.25) is 14.2 Å². The van der Waals surface area contributed by atoms with Gasteiger partial charge in [0.05, 0.1) is 36.5 Å². The number of fused-ring (bicyclic) bond motifs is 1. The molecule has 1 aromatic carbocycles. The Balaban J connectivity index is 1.57. The third-order valence-corrected chi connectivity index (χ3v) is 6.83. The van der Waals surface area contributed by atoms with Crippen LogP contribution in [0.25, 0.3) is 11.0 Å². The predicted octanol–water partition coefficient (Wildman–Crippen LogP) is 0.908. The van der Waals surface area contributed by atoms with Crippen LogP contribution in [-0.4, -0.2) is 52.3 Å². The fourth-order valence-corrected chi connectivity index (χ4v) is 5.27. The van der Waals surface area contributed by atoms with Gasteiger partial charge in [0.25, 0.3) is 5.56 Å². The number of benzene rings is 1. The first kappa shape index (κ1) is 20.1. The Morgan fingerprint density at radius 2 is 2.17 bits per heavy atom. The normalized spacial score (nSPS) is 17.9. The van der Waals surface area contributed by atoms with Crippen molar-refractivity contribution < 1.29 is 17.9 Å². The number of anilines is 1. The van der Waals surface area contributed by atoms with Crippen LogP contribution in [0.3, 0.4) is 0 Å². The number of hydrogen-bond donors (Lipinski definition) is 1. The van der Waals surface area contributed by atoms with E-state index >= 15 is 0 Å². The van der Waals surface area contributed by atoms with Crippen LogP contribution in [0, 0.1) is 6.92 Å². The van der Waals surface area contributed by atoms with Crippen molar-refractivity contribution in [1.29, 1.82) is 0 Å². The van der Waals surface area contributed by atoms with E-state index in [2.05, 4.69) is 15.4 Å². The van der Waals surface area contributed by atoms with E-state index in [4.69, 9.17) is 4.74 Å². The number of hydrogen-bond acceptors (Lipinski definition) is 7. The summed E-state index contributed by atoms with van der Waals surface area (Å²) in [4.78, 5) is 29.6. The monoisotopic (exact) mass is 431 g/mol. The second-order valence-corrected chi connectivity index (χ2v) is 9.54. The van der Waals surface area contributed by atoms with Gasteiger partial charge in [-0.15, -0.1) is 0 Å². The van der Waals surface area contributed by atoms with Gasteiger partial charge in [-0.1, -0.05) is 6.07 Å². The SMILES string of the molecule is COc1ccc(C)cc1NC(=O)Cn1cnc2c(cnn2[C@@H]2CCS(=O)(=O)C2)c1=O. The number of ether oxygens (including phenoxy) is 1. The lowest BCUT2D eigenvalue weighted by molar-refractivity contribution is -0.116. The van der Waals surface area contributed by atoms with Crippen LogP contribution in [0.1, 0.15) is 18.0 Å². The van der Waals surface area contributed by atoms with Crippen molar-refractivity contribution in [3.05, 3.63) is 46.6 Å². The van der Waals surface area contributed by atoms with Crippen LogP contribution in [0.5, 0.6) is 5.75 Å². The molecule has 1 saturated heterocycles. The molecular formula is C19H21N5O5S. The molecule has 1 aliphatic rings. The molecule has 2 aromatic heterocycles. The van der Waals surface area contributed by atoms with Gasteiger partial charge in [0.1, 0.15) is 24.0 Å². The van der Waals surface area contributed by atoms with Gasteiger partial charge >= 0.3 is 0 Å². The second-order valence-electron chi connectivity index (χ2n) is 7.31. The molecule has 1 amide bonds. The molecule has 0 aliphatic carbocycles. The molecule has 0 saturated carbocycles. The lowest BCUT2D eigenvalue weighted by Crippen LogP contribution is -2.28. The number of aromatic nitrogens is 4. The molecule has 0 spiro atoms. The average molecular weight is 431 g/mol. The quantitative estimate of drug-likeness (QED) is 0.636. The zero-order valence-corrected chi connectivity index (χ0v) is 17.3. The molecular weight excluding hydrogens is 410 g/mol. The number of aryl methyl sites for hydroxylation is 1. The average Bonchev–Trinajstić information content (AvgIpc) is 3.27. The molecule has 1 aliphatic heterocycles. The molecule has 11 heteroatoms. The van der Waals surface area contributed by atoms with Crippen molar-refractivity contribution >= 4 is 32.5 Å². The molecule has 30 heavy (non-hydrogen) atoms. The van der Waals surface area contributed by atoms with Gasteiger partial charge in [0.2, 0.25) is 5.91 Å². The summed E-state index contributed by atoms with van der Waals surface area (Å²) in [6, 6.07) is 5.06. The van der Waals surface area contributed by atoms with Gasteiger partial charge in [-0.25, -0.2) is 18.1 Å². The van der Waals surface area contributed by atoms with Crippen molar-refractivity contribution in [2.45, 2.75) is 25.9 Å².